The second-order valence-corrected chi connectivity index (χ2v) is 6.77. The van der Waals surface area contributed by atoms with Crippen LogP contribution in [0.15, 0.2) is 18.2 Å². The zero-order valence-electron chi connectivity index (χ0n) is 15.0. The van der Waals surface area contributed by atoms with Gasteiger partial charge < -0.3 is 14.8 Å². The van der Waals surface area contributed by atoms with Gasteiger partial charge in [-0.1, -0.05) is 0 Å². The monoisotopic (exact) mass is 363 g/mol. The zero-order chi connectivity index (χ0) is 18.5. The van der Waals surface area contributed by atoms with Crippen molar-refractivity contribution in [2.45, 2.75) is 19.4 Å². The third-order valence-electron chi connectivity index (χ3n) is 5.13. The van der Waals surface area contributed by atoms with Crippen LogP contribution < -0.4 is 5.32 Å². The molecule has 0 bridgehead atoms. The predicted molar refractivity (Wildman–Crippen MR) is 96.7 cm³/mol. The summed E-state index contributed by atoms with van der Waals surface area (Å²) in [5.41, 5.74) is 0.717. The van der Waals surface area contributed by atoms with E-state index in [9.17, 15) is 14.9 Å². The smallest absolute Gasteiger partial charge is 0.293 e. The summed E-state index contributed by atoms with van der Waals surface area (Å²) in [4.78, 5) is 24.8. The average molecular weight is 363 g/mol. The fourth-order valence-corrected chi connectivity index (χ4v) is 3.62. The van der Waals surface area contributed by atoms with Crippen LogP contribution in [0.2, 0.25) is 0 Å². The van der Waals surface area contributed by atoms with Crippen molar-refractivity contribution in [2.24, 2.45) is 5.92 Å². The minimum absolute atomic E-state index is 0.0684. The van der Waals surface area contributed by atoms with E-state index in [1.807, 2.05) is 0 Å². The van der Waals surface area contributed by atoms with Crippen LogP contribution in [-0.2, 0) is 9.47 Å². The summed E-state index contributed by atoms with van der Waals surface area (Å²) in [6.07, 6.45) is 0.995. The average Bonchev–Trinajstić information content (AvgIpc) is 3.17. The molecule has 2 aliphatic heterocycles. The highest BCUT2D eigenvalue weighted by Crippen LogP contribution is 2.28. The third-order valence-corrected chi connectivity index (χ3v) is 5.13. The first kappa shape index (κ1) is 18.8. The van der Waals surface area contributed by atoms with E-state index in [0.717, 1.165) is 32.7 Å². The molecule has 0 aliphatic carbocycles. The van der Waals surface area contributed by atoms with Crippen molar-refractivity contribution < 1.29 is 19.2 Å². The van der Waals surface area contributed by atoms with Crippen LogP contribution in [0.3, 0.4) is 0 Å². The lowest BCUT2D eigenvalue weighted by molar-refractivity contribution is -0.384. The van der Waals surface area contributed by atoms with E-state index in [1.165, 1.54) is 13.0 Å². The number of carbonyl (C=O) groups excluding carboxylic acids is 1. The Kier molecular flexibility index (Phi) is 6.18. The number of ether oxygens (including phenoxy) is 2. The van der Waals surface area contributed by atoms with Gasteiger partial charge in [0.05, 0.1) is 24.7 Å². The van der Waals surface area contributed by atoms with Crippen LogP contribution in [0.5, 0.6) is 0 Å². The number of morpholine rings is 1. The molecule has 0 spiro atoms. The summed E-state index contributed by atoms with van der Waals surface area (Å²) < 4.78 is 11.0. The summed E-state index contributed by atoms with van der Waals surface area (Å²) in [5, 5.41) is 14.7. The molecular formula is C18H25N3O5. The molecule has 2 fully saturated rings. The highest BCUT2D eigenvalue weighted by molar-refractivity contribution is 5.95. The molecule has 8 heteroatoms. The maximum absolute atomic E-state index is 11.5. The molecule has 0 aromatic heterocycles. The lowest BCUT2D eigenvalue weighted by Gasteiger charge is -2.37. The van der Waals surface area contributed by atoms with Crippen molar-refractivity contribution in [3.8, 4) is 0 Å². The van der Waals surface area contributed by atoms with Crippen LogP contribution in [0.4, 0.5) is 11.4 Å². The molecule has 0 radical (unpaired) electrons. The van der Waals surface area contributed by atoms with Crippen LogP contribution in [0, 0.1) is 16.0 Å². The molecule has 0 amide bonds. The van der Waals surface area contributed by atoms with Crippen molar-refractivity contribution in [3.05, 3.63) is 33.9 Å². The molecule has 1 aromatic rings. The number of Topliss-reactive ketones (excluding diaryl/α,β-unsaturated/α-hetero) is 1. The fourth-order valence-electron chi connectivity index (χ4n) is 3.62. The van der Waals surface area contributed by atoms with Gasteiger partial charge in [-0.05, 0) is 25.5 Å². The first-order valence-corrected chi connectivity index (χ1v) is 8.99. The molecule has 142 valence electrons. The third kappa shape index (κ3) is 4.38. The van der Waals surface area contributed by atoms with E-state index >= 15 is 0 Å². The molecule has 2 saturated heterocycles. The highest BCUT2D eigenvalue weighted by atomic mass is 16.6. The van der Waals surface area contributed by atoms with Gasteiger partial charge in [-0.15, -0.1) is 0 Å². The molecule has 0 saturated carbocycles. The summed E-state index contributed by atoms with van der Waals surface area (Å²) in [6, 6.07) is 4.82. The van der Waals surface area contributed by atoms with Gasteiger partial charge in [0.2, 0.25) is 0 Å². The van der Waals surface area contributed by atoms with Crippen molar-refractivity contribution in [1.29, 1.82) is 0 Å². The number of nitrogens with zero attached hydrogens (tertiary/aromatic N) is 2. The Morgan fingerprint density at radius 3 is 2.73 bits per heavy atom. The molecule has 1 aromatic carbocycles. The number of nitro benzene ring substituents is 1. The summed E-state index contributed by atoms with van der Waals surface area (Å²) in [7, 11) is 0. The quantitative estimate of drug-likeness (QED) is 0.449. The maximum Gasteiger partial charge on any atom is 0.293 e. The van der Waals surface area contributed by atoms with E-state index in [1.54, 1.807) is 12.1 Å². The standard InChI is InChI=1S/C18H25N3O5/c1-13(22)14-2-3-16(17(10-14)21(23)24)19-11-18(15-4-7-26-12-15)20-5-8-25-9-6-20/h2-3,10,15,18-19H,4-9,11-12H2,1H3. The van der Waals surface area contributed by atoms with Gasteiger partial charge in [0, 0.05) is 49.8 Å². The molecule has 2 heterocycles. The number of rotatable bonds is 7. The molecule has 2 unspecified atom stereocenters. The second kappa shape index (κ2) is 8.57. The number of ketones is 1. The molecule has 8 nitrogen and oxygen atoms in total. The molecule has 2 aliphatic rings. The van der Waals surface area contributed by atoms with Crippen LogP contribution in [0.1, 0.15) is 23.7 Å². The van der Waals surface area contributed by atoms with E-state index in [0.29, 0.717) is 36.9 Å². The first-order chi connectivity index (χ1) is 12.6. The Balaban J connectivity index is 1.75. The van der Waals surface area contributed by atoms with Crippen molar-refractivity contribution >= 4 is 17.2 Å². The molecule has 1 N–H and O–H groups in total. The number of hydrogen-bond donors (Lipinski definition) is 1. The van der Waals surface area contributed by atoms with E-state index in [4.69, 9.17) is 9.47 Å². The van der Waals surface area contributed by atoms with Crippen LogP contribution in [0.25, 0.3) is 0 Å². The number of anilines is 1. The van der Waals surface area contributed by atoms with E-state index < -0.39 is 4.92 Å². The summed E-state index contributed by atoms with van der Waals surface area (Å²) >= 11 is 0. The van der Waals surface area contributed by atoms with Gasteiger partial charge >= 0.3 is 0 Å². The van der Waals surface area contributed by atoms with Gasteiger partial charge in [-0.3, -0.25) is 19.8 Å². The Hall–Kier alpha value is -2.03. The zero-order valence-corrected chi connectivity index (χ0v) is 15.0. The van der Waals surface area contributed by atoms with Gasteiger partial charge in [0.1, 0.15) is 5.69 Å². The Labute approximate surface area is 152 Å². The molecule has 3 rings (SSSR count). The van der Waals surface area contributed by atoms with Gasteiger partial charge in [-0.2, -0.15) is 0 Å². The number of nitro groups is 1. The first-order valence-electron chi connectivity index (χ1n) is 8.99. The fraction of sp³-hybridized carbons (Fsp3) is 0.611. The largest absolute Gasteiger partial charge is 0.381 e. The number of carbonyl (C=O) groups is 1. The maximum atomic E-state index is 11.5. The molecule has 26 heavy (non-hydrogen) atoms. The summed E-state index contributed by atoms with van der Waals surface area (Å²) in [6.45, 7) is 6.60. The SMILES string of the molecule is CC(=O)c1ccc(NCC(C2CCOC2)N2CCOCC2)c([N+](=O)[O-])c1. The predicted octanol–water partition coefficient (Wildman–Crippen LogP) is 1.95. The van der Waals surface area contributed by atoms with Gasteiger partial charge in [0.15, 0.2) is 5.78 Å². The van der Waals surface area contributed by atoms with Gasteiger partial charge in [0.25, 0.3) is 5.69 Å². The van der Waals surface area contributed by atoms with Crippen molar-refractivity contribution in [1.82, 2.24) is 4.90 Å². The lowest BCUT2D eigenvalue weighted by atomic mass is 9.96. The van der Waals surface area contributed by atoms with Crippen molar-refractivity contribution in [2.75, 3.05) is 51.4 Å². The number of benzene rings is 1. The number of hydrogen-bond acceptors (Lipinski definition) is 7. The Morgan fingerprint density at radius 1 is 1.35 bits per heavy atom. The number of nitrogens with one attached hydrogen (secondary N) is 1. The highest BCUT2D eigenvalue weighted by Gasteiger charge is 2.32. The normalized spacial score (nSPS) is 22.1. The minimum Gasteiger partial charge on any atom is -0.381 e. The molecule has 2 atom stereocenters. The minimum atomic E-state index is -0.447. The van der Waals surface area contributed by atoms with Crippen LogP contribution in [-0.4, -0.2) is 67.7 Å². The van der Waals surface area contributed by atoms with Crippen LogP contribution >= 0.6 is 0 Å². The van der Waals surface area contributed by atoms with Gasteiger partial charge in [-0.25, -0.2) is 0 Å². The summed E-state index contributed by atoms with van der Waals surface area (Å²) in [5.74, 6) is 0.213. The molecular weight excluding hydrogens is 338 g/mol. The topological polar surface area (TPSA) is 93.9 Å². The Morgan fingerprint density at radius 2 is 2.12 bits per heavy atom. The van der Waals surface area contributed by atoms with E-state index in [-0.39, 0.29) is 17.5 Å². The van der Waals surface area contributed by atoms with Crippen molar-refractivity contribution in [3.63, 3.8) is 0 Å². The second-order valence-electron chi connectivity index (χ2n) is 6.77. The lowest BCUT2D eigenvalue weighted by Crippen LogP contribution is -2.50. The Bertz CT molecular complexity index is 654. The van der Waals surface area contributed by atoms with E-state index in [2.05, 4.69) is 10.2 Å².